The Balaban J connectivity index is 1.46. The molecule has 0 saturated carbocycles. The minimum Gasteiger partial charge on any atom is -0.381 e. The molecule has 0 bridgehead atoms. The van der Waals surface area contributed by atoms with Gasteiger partial charge in [-0.05, 0) is 68.6 Å². The van der Waals surface area contributed by atoms with Gasteiger partial charge in [0.05, 0.1) is 12.0 Å². The molecule has 4 heteroatoms. The molecule has 1 unspecified atom stereocenters. The normalized spacial score (nSPS) is 20.9. The Morgan fingerprint density at radius 3 is 2.32 bits per heavy atom. The minimum absolute atomic E-state index is 0.180. The van der Waals surface area contributed by atoms with Gasteiger partial charge in [0, 0.05) is 26.4 Å². The summed E-state index contributed by atoms with van der Waals surface area (Å²) in [5.41, 5.74) is 5.86. The molecule has 2 aromatic rings. The van der Waals surface area contributed by atoms with Crippen molar-refractivity contribution in [2.24, 2.45) is 11.3 Å². The molecule has 2 aliphatic heterocycles. The molecule has 0 spiro atoms. The Bertz CT molecular complexity index is 858. The van der Waals surface area contributed by atoms with E-state index in [1.807, 2.05) is 0 Å². The zero-order valence-electron chi connectivity index (χ0n) is 18.9. The number of rotatable bonds is 6. The zero-order chi connectivity index (χ0) is 21.7. The summed E-state index contributed by atoms with van der Waals surface area (Å²) >= 11 is 0. The lowest BCUT2D eigenvalue weighted by Gasteiger charge is -2.36. The summed E-state index contributed by atoms with van der Waals surface area (Å²) in [4.78, 5) is 13.3. The van der Waals surface area contributed by atoms with Gasteiger partial charge in [0.2, 0.25) is 5.91 Å². The molecule has 31 heavy (non-hydrogen) atoms. The van der Waals surface area contributed by atoms with Gasteiger partial charge < -0.3 is 14.8 Å². The van der Waals surface area contributed by atoms with E-state index in [4.69, 9.17) is 9.47 Å². The molecule has 2 heterocycles. The van der Waals surface area contributed by atoms with Gasteiger partial charge in [-0.2, -0.15) is 0 Å². The van der Waals surface area contributed by atoms with Crippen molar-refractivity contribution in [3.05, 3.63) is 59.2 Å². The smallest absolute Gasteiger partial charge is 0.226 e. The van der Waals surface area contributed by atoms with Gasteiger partial charge in [0.15, 0.2) is 0 Å². The number of aryl methyl sites for hydroxylation is 2. The lowest BCUT2D eigenvalue weighted by molar-refractivity contribution is -0.137. The van der Waals surface area contributed by atoms with E-state index in [1.165, 1.54) is 27.8 Å². The summed E-state index contributed by atoms with van der Waals surface area (Å²) in [6, 6.07) is 15.4. The van der Waals surface area contributed by atoms with E-state index in [0.717, 1.165) is 45.3 Å². The highest BCUT2D eigenvalue weighted by Crippen LogP contribution is 2.35. The maximum atomic E-state index is 13.3. The number of ether oxygens (including phenoxy) is 2. The highest BCUT2D eigenvalue weighted by molar-refractivity contribution is 5.83. The van der Waals surface area contributed by atoms with Gasteiger partial charge in [-0.3, -0.25) is 4.79 Å². The fourth-order valence-corrected chi connectivity index (χ4v) is 4.99. The van der Waals surface area contributed by atoms with Crippen LogP contribution in [0.3, 0.4) is 0 Å². The van der Waals surface area contributed by atoms with Crippen LogP contribution in [0, 0.1) is 25.2 Å². The van der Waals surface area contributed by atoms with E-state index < -0.39 is 0 Å². The average molecular weight is 422 g/mol. The number of nitrogens with one attached hydrogen (secondary N) is 1. The second-order valence-electron chi connectivity index (χ2n) is 9.44. The molecule has 1 amide bonds. The fraction of sp³-hybridized carbons (Fsp3) is 0.519. The maximum absolute atomic E-state index is 13.3. The average Bonchev–Trinajstić information content (AvgIpc) is 2.78. The van der Waals surface area contributed by atoms with Crippen molar-refractivity contribution in [1.82, 2.24) is 5.32 Å². The summed E-state index contributed by atoms with van der Waals surface area (Å²) in [5, 5.41) is 3.26. The number of carbonyl (C=O) groups is 1. The highest BCUT2D eigenvalue weighted by atomic mass is 16.5. The van der Waals surface area contributed by atoms with Gasteiger partial charge in [0.25, 0.3) is 0 Å². The van der Waals surface area contributed by atoms with E-state index >= 15 is 0 Å². The molecule has 2 aromatic carbocycles. The first kappa shape index (κ1) is 22.0. The fourth-order valence-electron chi connectivity index (χ4n) is 4.99. The van der Waals surface area contributed by atoms with Gasteiger partial charge in [-0.1, -0.05) is 53.6 Å². The molecule has 4 rings (SSSR count). The van der Waals surface area contributed by atoms with Crippen LogP contribution < -0.4 is 5.32 Å². The van der Waals surface area contributed by atoms with Crippen LogP contribution in [-0.2, 0) is 20.7 Å². The van der Waals surface area contributed by atoms with Gasteiger partial charge in [-0.25, -0.2) is 0 Å². The van der Waals surface area contributed by atoms with E-state index in [1.54, 1.807) is 0 Å². The van der Waals surface area contributed by atoms with Crippen LogP contribution in [0.2, 0.25) is 0 Å². The first-order valence-electron chi connectivity index (χ1n) is 11.7. The van der Waals surface area contributed by atoms with Gasteiger partial charge in [0.1, 0.15) is 0 Å². The third kappa shape index (κ3) is 5.55. The lowest BCUT2D eigenvalue weighted by atomic mass is 9.74. The number of amides is 1. The van der Waals surface area contributed by atoms with Crippen molar-refractivity contribution in [2.75, 3.05) is 33.0 Å². The van der Waals surface area contributed by atoms with Crippen molar-refractivity contribution in [1.29, 1.82) is 0 Å². The molecule has 2 fully saturated rings. The minimum atomic E-state index is -0.380. The van der Waals surface area contributed by atoms with E-state index in [9.17, 15) is 4.79 Å². The predicted molar refractivity (Wildman–Crippen MR) is 124 cm³/mol. The Morgan fingerprint density at radius 2 is 1.68 bits per heavy atom. The lowest BCUT2D eigenvalue weighted by Crippen LogP contribution is -2.47. The molecule has 0 aromatic heterocycles. The predicted octanol–water partition coefficient (Wildman–Crippen LogP) is 4.85. The van der Waals surface area contributed by atoms with Crippen LogP contribution in [0.5, 0.6) is 0 Å². The molecule has 2 aliphatic rings. The Kier molecular flexibility index (Phi) is 7.09. The van der Waals surface area contributed by atoms with Crippen LogP contribution >= 0.6 is 0 Å². The first-order valence-corrected chi connectivity index (χ1v) is 11.7. The van der Waals surface area contributed by atoms with E-state index in [2.05, 4.69) is 61.6 Å². The third-order valence-corrected chi connectivity index (χ3v) is 6.79. The van der Waals surface area contributed by atoms with Crippen LogP contribution in [0.4, 0.5) is 0 Å². The Morgan fingerprint density at radius 1 is 0.968 bits per heavy atom. The maximum Gasteiger partial charge on any atom is 0.226 e. The van der Waals surface area contributed by atoms with Crippen LogP contribution in [0.1, 0.15) is 42.4 Å². The van der Waals surface area contributed by atoms with Crippen molar-refractivity contribution in [3.8, 4) is 11.1 Å². The van der Waals surface area contributed by atoms with E-state index in [-0.39, 0.29) is 11.3 Å². The molecule has 1 N–H and O–H groups in total. The van der Waals surface area contributed by atoms with Crippen LogP contribution in [0.15, 0.2) is 42.5 Å². The largest absolute Gasteiger partial charge is 0.381 e. The summed E-state index contributed by atoms with van der Waals surface area (Å²) in [6.45, 7) is 7.91. The second kappa shape index (κ2) is 9.97. The second-order valence-corrected chi connectivity index (χ2v) is 9.44. The van der Waals surface area contributed by atoms with Crippen molar-refractivity contribution in [2.45, 2.75) is 46.0 Å². The van der Waals surface area contributed by atoms with Gasteiger partial charge >= 0.3 is 0 Å². The zero-order valence-corrected chi connectivity index (χ0v) is 18.9. The topological polar surface area (TPSA) is 47.6 Å². The molecule has 0 radical (unpaired) electrons. The molecule has 4 nitrogen and oxygen atoms in total. The SMILES string of the molecule is Cc1cc(C)cc(-c2ccc(CC3(C(=O)NCC4CCCOC4)CCOCC3)cc2)c1. The van der Waals surface area contributed by atoms with Gasteiger partial charge in [-0.15, -0.1) is 0 Å². The Hall–Kier alpha value is -2.17. The third-order valence-electron chi connectivity index (χ3n) is 6.79. The summed E-state index contributed by atoms with van der Waals surface area (Å²) in [5.74, 6) is 0.617. The molecule has 0 aliphatic carbocycles. The van der Waals surface area contributed by atoms with Crippen LogP contribution in [-0.4, -0.2) is 38.9 Å². The van der Waals surface area contributed by atoms with Crippen molar-refractivity contribution in [3.63, 3.8) is 0 Å². The quantitative estimate of drug-likeness (QED) is 0.725. The summed E-state index contributed by atoms with van der Waals surface area (Å²) in [6.07, 6.45) is 4.54. The first-order chi connectivity index (χ1) is 15.0. The van der Waals surface area contributed by atoms with Crippen molar-refractivity contribution >= 4 is 5.91 Å². The molecule has 1 atom stereocenters. The molecular weight excluding hydrogens is 386 g/mol. The van der Waals surface area contributed by atoms with Crippen molar-refractivity contribution < 1.29 is 14.3 Å². The molecule has 166 valence electrons. The number of benzene rings is 2. The molecular formula is C27H35NO3. The van der Waals surface area contributed by atoms with Crippen LogP contribution in [0.25, 0.3) is 11.1 Å². The van der Waals surface area contributed by atoms with E-state index in [0.29, 0.717) is 25.7 Å². The Labute approximate surface area is 186 Å². The summed E-state index contributed by atoms with van der Waals surface area (Å²) < 4.78 is 11.2. The number of hydrogen-bond donors (Lipinski definition) is 1. The summed E-state index contributed by atoms with van der Waals surface area (Å²) in [7, 11) is 0. The number of carbonyl (C=O) groups excluding carboxylic acids is 1. The highest BCUT2D eigenvalue weighted by Gasteiger charge is 2.40. The molecule has 2 saturated heterocycles. The standard InChI is InChI=1S/C27H35NO3/c1-20-14-21(2)16-25(15-20)24-7-5-22(6-8-24)17-27(9-12-30-13-10-27)26(29)28-18-23-4-3-11-31-19-23/h5-8,14-16,23H,3-4,9-13,17-19H2,1-2H3,(H,28,29). The number of hydrogen-bond acceptors (Lipinski definition) is 3. The monoisotopic (exact) mass is 421 g/mol.